The highest BCUT2D eigenvalue weighted by molar-refractivity contribution is 6.76. The predicted molar refractivity (Wildman–Crippen MR) is 381 cm³/mol. The minimum Gasteiger partial charge on any atom is -0.399 e. The summed E-state index contributed by atoms with van der Waals surface area (Å²) < 4.78 is 27.9. The maximum absolute atomic E-state index is 11.8. The summed E-state index contributed by atoms with van der Waals surface area (Å²) in [5.41, 5.74) is 9.99. The van der Waals surface area contributed by atoms with E-state index in [9.17, 15) is 14.4 Å². The van der Waals surface area contributed by atoms with Crippen molar-refractivity contribution in [3.63, 3.8) is 0 Å². The van der Waals surface area contributed by atoms with Crippen LogP contribution in [0.2, 0.25) is 56.5 Å². The molecule has 12 aromatic heterocycles. The number of fused-ring (bicyclic) bond motifs is 9. The maximum atomic E-state index is 11.8. The van der Waals surface area contributed by atoms with Gasteiger partial charge in [0.2, 0.25) is 0 Å². The molecule has 0 aromatic carbocycles. The van der Waals surface area contributed by atoms with Crippen molar-refractivity contribution in [2.45, 2.75) is 104 Å². The van der Waals surface area contributed by atoms with E-state index in [1.54, 1.807) is 88.8 Å². The number of ether oxygens (including phenoxy) is 2. The molecule has 1 aliphatic rings. The molecule has 0 spiro atoms. The number of halogens is 1. The molecule has 0 bridgehead atoms. The lowest BCUT2D eigenvalue weighted by molar-refractivity contribution is 0.00578. The molecule has 95 heavy (non-hydrogen) atoms. The summed E-state index contributed by atoms with van der Waals surface area (Å²) in [4.78, 5) is 77.2. The van der Waals surface area contributed by atoms with E-state index in [1.165, 1.54) is 0 Å². The van der Waals surface area contributed by atoms with Gasteiger partial charge in [0.15, 0.2) is 0 Å². The topological polar surface area (TPSA) is 266 Å². The molecule has 0 saturated carbocycles. The first kappa shape index (κ1) is 68.6. The van der Waals surface area contributed by atoms with E-state index in [0.29, 0.717) is 35.7 Å². The maximum Gasteiger partial charge on any atom is 0.496 e. The summed E-state index contributed by atoms with van der Waals surface area (Å²) in [5, 5.41) is 14.7. The summed E-state index contributed by atoms with van der Waals surface area (Å²) in [7, 11) is 2.07. The number of nitrogens with one attached hydrogen (secondary N) is 4. The zero-order valence-electron chi connectivity index (χ0n) is 55.8. The second-order valence-corrected chi connectivity index (χ2v) is 37.8. The SMILES string of the molecule is CNC(=O)c1ccc(-c2ccc3c(n2)[nH]c2cnccc23)cn1.CNC(=O)c1ccc(-c2ccc3c4ccncc4n(COCC[Si](C)(C)C)c3n2)cn1.CNC(=O)c1ccc(B2OC(C)(C)C(C)(C)O2)cn1.C[Si](C)(C)CCOCn1c2cnccc2c2ccc(Cl)nc21. The standard InChI is InChI=1S/C23H27N5O2Si.C17H13N5O.C16H20ClN3OSi.C13H19BN2O3/c1-24-23(29)20-7-5-16(13-26-20)19-8-6-18-17-9-10-25-14-21(17)28(22(18)27-19)15-30-11-12-31(2,3)4;1-18-17(23)14-4-2-10(8-20-14)13-5-3-12-11-6-7-19-9-15(11)22-16(12)21-13;1-22(2,3)9-8-21-11-20-14-10-18-7-6-12(14)13-4-5-15(17)19-16(13)20;1-12(2)13(3,4)19-14(18-12)9-6-7-10(16-8-9)11(17)15-5/h5-10,13-14H,11-12,15H2,1-4H3,(H,24,29);2-9H,1H3,(H,18,23)(H,21,22);4-7,10H,8-9,11H2,1-3H3;6-8H,1-5H3,(H,15,17). The molecule has 22 nitrogen and oxygen atoms in total. The van der Waals surface area contributed by atoms with Crippen LogP contribution in [0.1, 0.15) is 59.2 Å². The lowest BCUT2D eigenvalue weighted by Gasteiger charge is -2.32. The van der Waals surface area contributed by atoms with Gasteiger partial charge < -0.3 is 39.7 Å². The number of carbonyl (C=O) groups is 3. The highest BCUT2D eigenvalue weighted by Gasteiger charge is 2.52. The average molecular weight is 1330 g/mol. The zero-order valence-corrected chi connectivity index (χ0v) is 58.6. The Morgan fingerprint density at radius 2 is 0.958 bits per heavy atom. The van der Waals surface area contributed by atoms with Crippen LogP contribution >= 0.6 is 11.6 Å². The summed E-state index contributed by atoms with van der Waals surface area (Å²) in [6.45, 7) is 24.5. The molecule has 0 unspecified atom stereocenters. The van der Waals surface area contributed by atoms with Gasteiger partial charge in [-0.3, -0.25) is 53.4 Å². The summed E-state index contributed by atoms with van der Waals surface area (Å²) >= 11 is 6.06. The average Bonchev–Trinajstić information content (AvgIpc) is 1.64. The van der Waals surface area contributed by atoms with E-state index < -0.39 is 23.3 Å². The quantitative estimate of drug-likeness (QED) is 0.0398. The largest absolute Gasteiger partial charge is 0.496 e. The van der Waals surface area contributed by atoms with Crippen LogP contribution in [0.15, 0.2) is 147 Å². The number of carbonyl (C=O) groups excluding carboxylic acids is 3. The van der Waals surface area contributed by atoms with Crippen LogP contribution in [0.5, 0.6) is 0 Å². The Balaban J connectivity index is 0.000000140. The van der Waals surface area contributed by atoms with Gasteiger partial charge in [0.05, 0.1) is 57.7 Å². The van der Waals surface area contributed by atoms with Gasteiger partial charge in [-0.05, 0) is 125 Å². The van der Waals surface area contributed by atoms with Crippen LogP contribution in [0.25, 0.3) is 88.3 Å². The third-order valence-electron chi connectivity index (χ3n) is 16.5. The van der Waals surface area contributed by atoms with Crippen molar-refractivity contribution in [1.29, 1.82) is 0 Å². The number of aromatic amines is 1. The molecule has 0 radical (unpaired) electrons. The minimum atomic E-state index is -1.15. The summed E-state index contributed by atoms with van der Waals surface area (Å²) in [6, 6.07) is 30.7. The number of pyridine rings is 9. The fourth-order valence-electron chi connectivity index (χ4n) is 10.3. The summed E-state index contributed by atoms with van der Waals surface area (Å²) in [6.07, 6.45) is 15.8. The fraction of sp³-hybridized carbons (Fsp3) is 0.304. The van der Waals surface area contributed by atoms with E-state index >= 15 is 0 Å². The van der Waals surface area contributed by atoms with E-state index in [-0.39, 0.29) is 28.9 Å². The van der Waals surface area contributed by atoms with Crippen LogP contribution in [0.3, 0.4) is 0 Å². The molecule has 0 atom stereocenters. The van der Waals surface area contributed by atoms with Crippen molar-refractivity contribution in [3.05, 3.63) is 169 Å². The molecule has 4 N–H and O–H groups in total. The smallest absolute Gasteiger partial charge is 0.399 e. The third-order valence-corrected chi connectivity index (χ3v) is 20.1. The Morgan fingerprint density at radius 1 is 0.516 bits per heavy atom. The van der Waals surface area contributed by atoms with Gasteiger partial charge in [-0.15, -0.1) is 0 Å². The molecule has 1 saturated heterocycles. The van der Waals surface area contributed by atoms with Gasteiger partial charge >= 0.3 is 7.12 Å². The van der Waals surface area contributed by atoms with E-state index in [0.717, 1.165) is 119 Å². The van der Waals surface area contributed by atoms with Crippen molar-refractivity contribution >= 4 is 124 Å². The van der Waals surface area contributed by atoms with E-state index in [2.05, 4.69) is 111 Å². The molecular formula is C69H79BClN15O7Si2. The van der Waals surface area contributed by atoms with Crippen molar-refractivity contribution in [3.8, 4) is 22.5 Å². The van der Waals surface area contributed by atoms with Crippen LogP contribution in [-0.2, 0) is 32.2 Å². The number of rotatable bonds is 16. The second kappa shape index (κ2) is 29.2. The molecule has 490 valence electrons. The molecular weight excluding hydrogens is 1250 g/mol. The lowest BCUT2D eigenvalue weighted by Crippen LogP contribution is -2.41. The number of hydrogen-bond donors (Lipinski definition) is 4. The summed E-state index contributed by atoms with van der Waals surface area (Å²) in [5.74, 6) is -0.624. The Morgan fingerprint density at radius 3 is 1.42 bits per heavy atom. The first-order chi connectivity index (χ1) is 45.3. The van der Waals surface area contributed by atoms with E-state index in [4.69, 9.17) is 35.4 Å². The van der Waals surface area contributed by atoms with Gasteiger partial charge in [0, 0.05) is 137 Å². The van der Waals surface area contributed by atoms with Crippen LogP contribution in [0.4, 0.5) is 0 Å². The lowest BCUT2D eigenvalue weighted by atomic mass is 9.80. The first-order valence-electron chi connectivity index (χ1n) is 31.3. The number of amides is 3. The van der Waals surface area contributed by atoms with Gasteiger partial charge in [0.25, 0.3) is 17.7 Å². The van der Waals surface area contributed by atoms with Crippen molar-refractivity contribution < 1.29 is 33.2 Å². The number of aromatic nitrogens is 12. The van der Waals surface area contributed by atoms with Gasteiger partial charge in [-0.1, -0.05) is 56.9 Å². The first-order valence-corrected chi connectivity index (χ1v) is 39.0. The number of H-pyrrole nitrogens is 1. The highest BCUT2D eigenvalue weighted by Crippen LogP contribution is 2.37. The molecule has 3 amide bonds. The molecule has 1 aliphatic heterocycles. The van der Waals surface area contributed by atoms with Gasteiger partial charge in [-0.25, -0.2) is 15.0 Å². The Kier molecular flexibility index (Phi) is 21.1. The molecule has 12 aromatic rings. The molecule has 1 fully saturated rings. The Labute approximate surface area is 558 Å². The van der Waals surface area contributed by atoms with Crippen LogP contribution < -0.4 is 21.4 Å². The highest BCUT2D eigenvalue weighted by atomic mass is 35.5. The van der Waals surface area contributed by atoms with Crippen LogP contribution in [0, 0.1) is 0 Å². The fourth-order valence-corrected chi connectivity index (χ4v) is 11.9. The van der Waals surface area contributed by atoms with Crippen molar-refractivity contribution in [2.24, 2.45) is 0 Å². The second-order valence-electron chi connectivity index (χ2n) is 26.2. The third kappa shape index (κ3) is 16.1. The molecule has 13 rings (SSSR count). The molecule has 0 aliphatic carbocycles. The van der Waals surface area contributed by atoms with Gasteiger partial charge in [0.1, 0.15) is 52.6 Å². The van der Waals surface area contributed by atoms with Crippen LogP contribution in [-0.4, -0.2) is 146 Å². The van der Waals surface area contributed by atoms with E-state index in [1.807, 2.05) is 105 Å². The molecule has 26 heteroatoms. The Hall–Kier alpha value is -9.21. The number of hydrogen-bond acceptors (Lipinski definition) is 16. The minimum absolute atomic E-state index is 0.205. The van der Waals surface area contributed by atoms with Crippen molar-refractivity contribution in [2.75, 3.05) is 34.4 Å². The number of nitrogens with zero attached hydrogens (tertiary/aromatic N) is 11. The predicted octanol–water partition coefficient (Wildman–Crippen LogP) is 12.1. The van der Waals surface area contributed by atoms with Crippen molar-refractivity contribution in [1.82, 2.24) is 74.9 Å². The van der Waals surface area contributed by atoms with Gasteiger partial charge in [-0.2, -0.15) is 0 Å². The Bertz CT molecular complexity index is 4690. The normalized spacial score (nSPS) is 13.5. The molecule has 13 heterocycles. The zero-order chi connectivity index (χ0) is 67.8. The monoisotopic (exact) mass is 1330 g/mol.